The molecule has 2 rings (SSSR count). The molecule has 1 aromatic carbocycles. The third-order valence-electron chi connectivity index (χ3n) is 2.53. The van der Waals surface area contributed by atoms with Gasteiger partial charge in [0.25, 0.3) is 0 Å². The minimum absolute atomic E-state index is 0.00149. The molecule has 0 saturated heterocycles. The van der Waals surface area contributed by atoms with Crippen molar-refractivity contribution in [2.45, 2.75) is 6.42 Å². The first kappa shape index (κ1) is 10.3. The summed E-state index contributed by atoms with van der Waals surface area (Å²) in [6, 6.07) is 3.50. The van der Waals surface area contributed by atoms with E-state index in [0.717, 1.165) is 17.7 Å². The van der Waals surface area contributed by atoms with Crippen LogP contribution in [0.1, 0.15) is 5.56 Å². The predicted octanol–water partition coefficient (Wildman–Crippen LogP) is 0.770. The number of carbonyl (C=O) groups is 1. The second-order valence-corrected chi connectivity index (χ2v) is 3.94. The highest BCUT2D eigenvalue weighted by atomic mass is 35.5. The number of nitrogens with two attached hydrogens (primary N) is 2. The molecule has 1 aromatic rings. The van der Waals surface area contributed by atoms with Crippen molar-refractivity contribution in [3.05, 3.63) is 22.7 Å². The van der Waals surface area contributed by atoms with Crippen molar-refractivity contribution >= 4 is 28.9 Å². The summed E-state index contributed by atoms with van der Waals surface area (Å²) in [6.07, 6.45) is 0.784. The summed E-state index contributed by atoms with van der Waals surface area (Å²) < 4.78 is 0. The summed E-state index contributed by atoms with van der Waals surface area (Å²) >= 11 is 5.88. The standard InChI is InChI=1S/C10H12ClN3O/c11-7-3-6-1-2-14(9(15)5-12)10(6)8(13)4-7/h3-4H,1-2,5,12-13H2. The van der Waals surface area contributed by atoms with Crippen molar-refractivity contribution in [3.8, 4) is 0 Å². The van der Waals surface area contributed by atoms with Gasteiger partial charge in [0.1, 0.15) is 0 Å². The molecular weight excluding hydrogens is 214 g/mol. The van der Waals surface area contributed by atoms with E-state index >= 15 is 0 Å². The monoisotopic (exact) mass is 225 g/mol. The first-order valence-corrected chi connectivity index (χ1v) is 5.09. The van der Waals surface area contributed by atoms with E-state index in [4.69, 9.17) is 23.1 Å². The molecule has 4 nitrogen and oxygen atoms in total. The van der Waals surface area contributed by atoms with Crippen LogP contribution in [0.2, 0.25) is 5.02 Å². The summed E-state index contributed by atoms with van der Waals surface area (Å²) in [5.74, 6) is -0.109. The highest BCUT2D eigenvalue weighted by Crippen LogP contribution is 2.36. The lowest BCUT2D eigenvalue weighted by Gasteiger charge is -2.18. The zero-order chi connectivity index (χ0) is 11.0. The SMILES string of the molecule is NCC(=O)N1CCc2cc(Cl)cc(N)c21. The minimum Gasteiger partial charge on any atom is -0.397 e. The zero-order valence-corrected chi connectivity index (χ0v) is 8.92. The van der Waals surface area contributed by atoms with E-state index in [1.807, 2.05) is 6.07 Å². The third kappa shape index (κ3) is 1.66. The van der Waals surface area contributed by atoms with E-state index in [1.165, 1.54) is 0 Å². The van der Waals surface area contributed by atoms with E-state index < -0.39 is 0 Å². The summed E-state index contributed by atoms with van der Waals surface area (Å²) in [5.41, 5.74) is 13.5. The lowest BCUT2D eigenvalue weighted by molar-refractivity contribution is -0.117. The van der Waals surface area contributed by atoms with E-state index in [2.05, 4.69) is 0 Å². The topological polar surface area (TPSA) is 72.4 Å². The van der Waals surface area contributed by atoms with Crippen molar-refractivity contribution < 1.29 is 4.79 Å². The van der Waals surface area contributed by atoms with Crippen LogP contribution in [0.15, 0.2) is 12.1 Å². The third-order valence-corrected chi connectivity index (χ3v) is 2.75. The molecule has 0 spiro atoms. The molecule has 80 valence electrons. The number of nitrogens with zero attached hydrogens (tertiary/aromatic N) is 1. The van der Waals surface area contributed by atoms with Crippen LogP contribution in [0.4, 0.5) is 11.4 Å². The Labute approximate surface area is 92.8 Å². The van der Waals surface area contributed by atoms with Gasteiger partial charge in [0.15, 0.2) is 0 Å². The van der Waals surface area contributed by atoms with Gasteiger partial charge in [-0.25, -0.2) is 0 Å². The van der Waals surface area contributed by atoms with Crippen molar-refractivity contribution in [2.75, 3.05) is 23.7 Å². The van der Waals surface area contributed by atoms with Crippen LogP contribution in [0, 0.1) is 0 Å². The number of carbonyl (C=O) groups excluding carboxylic acids is 1. The molecule has 0 unspecified atom stereocenters. The molecular formula is C10H12ClN3O. The summed E-state index contributed by atoms with van der Waals surface area (Å²) in [4.78, 5) is 13.2. The summed E-state index contributed by atoms with van der Waals surface area (Å²) in [7, 11) is 0. The fourth-order valence-corrected chi connectivity index (χ4v) is 2.15. The van der Waals surface area contributed by atoms with Gasteiger partial charge in [-0.1, -0.05) is 11.6 Å². The van der Waals surface area contributed by atoms with Gasteiger partial charge < -0.3 is 16.4 Å². The Bertz CT molecular complexity index is 419. The molecule has 15 heavy (non-hydrogen) atoms. The highest BCUT2D eigenvalue weighted by Gasteiger charge is 2.26. The first-order chi connectivity index (χ1) is 7.13. The molecule has 1 heterocycles. The van der Waals surface area contributed by atoms with Crippen LogP contribution in [0.25, 0.3) is 0 Å². The Balaban J connectivity index is 2.46. The van der Waals surface area contributed by atoms with Crippen molar-refractivity contribution in [1.29, 1.82) is 0 Å². The average molecular weight is 226 g/mol. The number of amides is 1. The lowest BCUT2D eigenvalue weighted by Crippen LogP contribution is -2.34. The maximum atomic E-state index is 11.5. The Morgan fingerprint density at radius 1 is 1.53 bits per heavy atom. The smallest absolute Gasteiger partial charge is 0.240 e. The number of rotatable bonds is 1. The maximum absolute atomic E-state index is 11.5. The van der Waals surface area contributed by atoms with Crippen LogP contribution in [0.3, 0.4) is 0 Å². The largest absolute Gasteiger partial charge is 0.397 e. The molecule has 0 saturated carbocycles. The second kappa shape index (κ2) is 3.72. The van der Waals surface area contributed by atoms with Gasteiger partial charge in [-0.15, -0.1) is 0 Å². The van der Waals surface area contributed by atoms with Gasteiger partial charge in [-0.2, -0.15) is 0 Å². The normalized spacial score (nSPS) is 14.1. The molecule has 4 N–H and O–H groups in total. The quantitative estimate of drug-likeness (QED) is 0.694. The summed E-state index contributed by atoms with van der Waals surface area (Å²) in [6.45, 7) is 0.636. The molecule has 0 radical (unpaired) electrons. The summed E-state index contributed by atoms with van der Waals surface area (Å²) in [5, 5.41) is 0.605. The van der Waals surface area contributed by atoms with Crippen LogP contribution in [-0.2, 0) is 11.2 Å². The van der Waals surface area contributed by atoms with Crippen LogP contribution >= 0.6 is 11.6 Å². The van der Waals surface area contributed by atoms with Gasteiger partial charge in [0.05, 0.1) is 17.9 Å². The number of hydrogen-bond acceptors (Lipinski definition) is 3. The number of anilines is 2. The Morgan fingerprint density at radius 3 is 2.93 bits per heavy atom. The zero-order valence-electron chi connectivity index (χ0n) is 8.16. The Kier molecular flexibility index (Phi) is 2.54. The van der Waals surface area contributed by atoms with E-state index in [1.54, 1.807) is 11.0 Å². The number of fused-ring (bicyclic) bond motifs is 1. The molecule has 0 bridgehead atoms. The molecule has 0 fully saturated rings. The van der Waals surface area contributed by atoms with E-state index in [-0.39, 0.29) is 12.5 Å². The van der Waals surface area contributed by atoms with Gasteiger partial charge in [0, 0.05) is 11.6 Å². The number of benzene rings is 1. The fourth-order valence-electron chi connectivity index (χ4n) is 1.90. The molecule has 0 atom stereocenters. The molecule has 0 aromatic heterocycles. The highest BCUT2D eigenvalue weighted by molar-refractivity contribution is 6.31. The second-order valence-electron chi connectivity index (χ2n) is 3.50. The molecule has 5 heteroatoms. The molecule has 1 aliphatic rings. The van der Waals surface area contributed by atoms with Crippen LogP contribution < -0.4 is 16.4 Å². The maximum Gasteiger partial charge on any atom is 0.240 e. The Hall–Kier alpha value is -1.26. The first-order valence-electron chi connectivity index (χ1n) is 4.72. The van der Waals surface area contributed by atoms with E-state index in [9.17, 15) is 4.79 Å². The molecule has 1 amide bonds. The predicted molar refractivity (Wildman–Crippen MR) is 61.0 cm³/mol. The van der Waals surface area contributed by atoms with Gasteiger partial charge in [-0.05, 0) is 24.1 Å². The average Bonchev–Trinajstić information content (AvgIpc) is 2.60. The number of halogens is 1. The van der Waals surface area contributed by atoms with Gasteiger partial charge in [-0.3, -0.25) is 4.79 Å². The van der Waals surface area contributed by atoms with Crippen molar-refractivity contribution in [2.24, 2.45) is 5.73 Å². The number of hydrogen-bond donors (Lipinski definition) is 2. The van der Waals surface area contributed by atoms with Crippen molar-refractivity contribution in [1.82, 2.24) is 0 Å². The minimum atomic E-state index is -0.109. The number of nitrogen functional groups attached to an aromatic ring is 1. The Morgan fingerprint density at radius 2 is 2.27 bits per heavy atom. The van der Waals surface area contributed by atoms with Crippen LogP contribution in [-0.4, -0.2) is 19.0 Å². The van der Waals surface area contributed by atoms with E-state index in [0.29, 0.717) is 17.3 Å². The van der Waals surface area contributed by atoms with Crippen LogP contribution in [0.5, 0.6) is 0 Å². The van der Waals surface area contributed by atoms with Crippen molar-refractivity contribution in [3.63, 3.8) is 0 Å². The molecule has 1 aliphatic heterocycles. The molecule has 0 aliphatic carbocycles. The fraction of sp³-hybridized carbons (Fsp3) is 0.300. The van der Waals surface area contributed by atoms with Gasteiger partial charge in [0.2, 0.25) is 5.91 Å². The lowest BCUT2D eigenvalue weighted by atomic mass is 10.1. The van der Waals surface area contributed by atoms with Gasteiger partial charge >= 0.3 is 0 Å².